The van der Waals surface area contributed by atoms with Gasteiger partial charge in [-0.3, -0.25) is 13.8 Å². The number of phosphoric acid groups is 1. The third kappa shape index (κ3) is 38.6. The van der Waals surface area contributed by atoms with E-state index in [4.69, 9.17) is 24.3 Å². The molecule has 0 amide bonds. The fourth-order valence-electron chi connectivity index (χ4n) is 4.68. The predicted octanol–water partition coefficient (Wildman–Crippen LogP) is 11.5. The quantitative estimate of drug-likeness (QED) is 0.0282. The monoisotopic (exact) mass is 746 g/mol. The van der Waals surface area contributed by atoms with Crippen LogP contribution in [0.1, 0.15) is 129 Å². The van der Waals surface area contributed by atoms with Crippen LogP contribution in [0.15, 0.2) is 97.2 Å². The molecular weight excluding hydrogens is 673 g/mol. The summed E-state index contributed by atoms with van der Waals surface area (Å²) in [7, 11) is -4.30. The third-order valence-electron chi connectivity index (χ3n) is 7.50. The van der Waals surface area contributed by atoms with Gasteiger partial charge in [-0.05, 0) is 89.9 Å². The average molecular weight is 746 g/mol. The van der Waals surface area contributed by atoms with Gasteiger partial charge in [0.2, 0.25) is 0 Å². The van der Waals surface area contributed by atoms with Gasteiger partial charge in [-0.1, -0.05) is 130 Å². The first-order valence-corrected chi connectivity index (χ1v) is 21.2. The zero-order valence-electron chi connectivity index (χ0n) is 32.5. The largest absolute Gasteiger partial charge is 0.472 e. The summed E-state index contributed by atoms with van der Waals surface area (Å²) in [5.41, 5.74) is 5.35. The van der Waals surface area contributed by atoms with E-state index in [1.807, 2.05) is 0 Å². The van der Waals surface area contributed by atoms with Crippen LogP contribution in [-0.4, -0.2) is 49.9 Å². The van der Waals surface area contributed by atoms with E-state index < -0.39 is 13.9 Å². The summed E-state index contributed by atoms with van der Waals surface area (Å²) in [5, 5.41) is 0. The highest BCUT2D eigenvalue weighted by Crippen LogP contribution is 2.43. The fourth-order valence-corrected chi connectivity index (χ4v) is 5.45. The van der Waals surface area contributed by atoms with Gasteiger partial charge < -0.3 is 20.1 Å². The lowest BCUT2D eigenvalue weighted by molar-refractivity contribution is -0.154. The molecule has 0 saturated carbocycles. The summed E-state index contributed by atoms with van der Waals surface area (Å²) in [6.07, 6.45) is 51.4. The molecule has 0 aliphatic heterocycles. The van der Waals surface area contributed by atoms with E-state index in [0.717, 1.165) is 103 Å². The molecule has 296 valence electrons. The summed E-state index contributed by atoms with van der Waals surface area (Å²) < 4.78 is 33.3. The number of rotatable bonds is 36. The van der Waals surface area contributed by atoms with Crippen LogP contribution >= 0.6 is 7.82 Å². The lowest BCUT2D eigenvalue weighted by Crippen LogP contribution is -2.28. The Bertz CT molecular complexity index is 1110. The molecule has 0 rings (SSSR count). The molecule has 2 atom stereocenters. The van der Waals surface area contributed by atoms with E-state index in [2.05, 4.69) is 111 Å². The summed E-state index contributed by atoms with van der Waals surface area (Å²) in [6.45, 7) is 4.55. The number of allylic oxidation sites excluding steroid dienone is 16. The number of hydrogen-bond donors (Lipinski definition) is 2. The van der Waals surface area contributed by atoms with Crippen LogP contribution in [0.4, 0.5) is 0 Å². The minimum absolute atomic E-state index is 0.0805. The lowest BCUT2D eigenvalue weighted by atomic mass is 10.1. The molecule has 0 fully saturated rings. The summed E-state index contributed by atoms with van der Waals surface area (Å²) in [4.78, 5) is 22.4. The Morgan fingerprint density at radius 1 is 0.577 bits per heavy atom. The average Bonchev–Trinajstić information content (AvgIpc) is 3.13. The predicted molar refractivity (Wildman–Crippen MR) is 219 cm³/mol. The third-order valence-corrected chi connectivity index (χ3v) is 8.48. The summed E-state index contributed by atoms with van der Waals surface area (Å²) in [6, 6.07) is 0. The van der Waals surface area contributed by atoms with Gasteiger partial charge in [0.05, 0.1) is 19.8 Å². The maximum absolute atomic E-state index is 12.5. The van der Waals surface area contributed by atoms with Gasteiger partial charge in [0.1, 0.15) is 6.10 Å². The molecule has 8 nitrogen and oxygen atoms in total. The molecule has 0 aliphatic carbocycles. The van der Waals surface area contributed by atoms with Crippen molar-refractivity contribution in [3.05, 3.63) is 97.2 Å². The maximum atomic E-state index is 12.5. The van der Waals surface area contributed by atoms with Crippen LogP contribution in [0.5, 0.6) is 0 Å². The first-order valence-electron chi connectivity index (χ1n) is 19.7. The van der Waals surface area contributed by atoms with Crippen molar-refractivity contribution in [2.45, 2.75) is 136 Å². The number of nitrogens with two attached hydrogens (primary N) is 1. The number of phosphoric ester groups is 1. The van der Waals surface area contributed by atoms with E-state index in [1.165, 1.54) is 0 Å². The van der Waals surface area contributed by atoms with Crippen LogP contribution < -0.4 is 5.73 Å². The Morgan fingerprint density at radius 2 is 1.02 bits per heavy atom. The molecule has 0 spiro atoms. The number of esters is 1. The maximum Gasteiger partial charge on any atom is 0.472 e. The van der Waals surface area contributed by atoms with E-state index in [9.17, 15) is 14.3 Å². The second kappa shape index (κ2) is 39.6. The standard InChI is InChI=1S/C43H72NO7P/c1-3-5-7-9-11-13-15-17-19-20-21-22-23-24-26-28-30-32-34-36-43(45)51-42(41-50-52(46,47)49-39-37-44)40-48-38-35-33-31-29-27-25-18-16-14-12-10-8-6-4-2/h5-8,11-14,17-19,21-22,24-26,42H,3-4,9-10,15-16,20,23,27-41,44H2,1-2H3,(H,46,47)/b7-5-,8-6-,13-11-,14-12-,19-17-,22-21-,25-18-,26-24-. The lowest BCUT2D eigenvalue weighted by Gasteiger charge is -2.20. The van der Waals surface area contributed by atoms with Crippen molar-refractivity contribution in [3.63, 3.8) is 0 Å². The Kier molecular flexibility index (Phi) is 37.7. The van der Waals surface area contributed by atoms with Crippen molar-refractivity contribution in [2.24, 2.45) is 5.73 Å². The van der Waals surface area contributed by atoms with Gasteiger partial charge in [-0.25, -0.2) is 4.57 Å². The molecule has 0 aromatic rings. The second-order valence-corrected chi connectivity index (χ2v) is 13.8. The van der Waals surface area contributed by atoms with E-state index in [-0.39, 0.29) is 38.8 Å². The normalized spacial score (nSPS) is 14.6. The Labute approximate surface area is 317 Å². The van der Waals surface area contributed by atoms with Crippen LogP contribution in [0.25, 0.3) is 0 Å². The zero-order valence-corrected chi connectivity index (χ0v) is 33.4. The second-order valence-electron chi connectivity index (χ2n) is 12.4. The Balaban J connectivity index is 4.22. The molecule has 2 unspecified atom stereocenters. The van der Waals surface area contributed by atoms with E-state index >= 15 is 0 Å². The van der Waals surface area contributed by atoms with Crippen LogP contribution in [0.3, 0.4) is 0 Å². The molecule has 3 N–H and O–H groups in total. The SMILES string of the molecule is CC/C=C\C/C=C\C/C=C\C/C=C\C/C=C\CCCCCC(=O)OC(COCCCCCC/C=C\C/C=C\C/C=C\CC)COP(=O)(O)OCCN. The number of ether oxygens (including phenoxy) is 2. The zero-order chi connectivity index (χ0) is 38.1. The van der Waals surface area contributed by atoms with E-state index in [1.54, 1.807) is 0 Å². The number of carbonyl (C=O) groups excluding carboxylic acids is 1. The Morgan fingerprint density at radius 3 is 1.50 bits per heavy atom. The molecular formula is C43H72NO7P. The van der Waals surface area contributed by atoms with Crippen molar-refractivity contribution in [3.8, 4) is 0 Å². The molecule has 0 saturated heterocycles. The molecule has 0 aliphatic rings. The molecule has 0 aromatic heterocycles. The molecule has 0 radical (unpaired) electrons. The van der Waals surface area contributed by atoms with E-state index in [0.29, 0.717) is 13.0 Å². The van der Waals surface area contributed by atoms with Gasteiger partial charge in [0, 0.05) is 19.6 Å². The van der Waals surface area contributed by atoms with Gasteiger partial charge in [0.15, 0.2) is 0 Å². The Hall–Kier alpha value is -2.58. The van der Waals surface area contributed by atoms with Gasteiger partial charge in [-0.2, -0.15) is 0 Å². The number of hydrogen-bond acceptors (Lipinski definition) is 7. The van der Waals surface area contributed by atoms with Gasteiger partial charge in [0.25, 0.3) is 0 Å². The van der Waals surface area contributed by atoms with Gasteiger partial charge in [-0.15, -0.1) is 0 Å². The van der Waals surface area contributed by atoms with Crippen LogP contribution in [-0.2, 0) is 27.9 Å². The molecule has 52 heavy (non-hydrogen) atoms. The highest BCUT2D eigenvalue weighted by atomic mass is 31.2. The van der Waals surface area contributed by atoms with Crippen molar-refractivity contribution in [2.75, 3.05) is 33.0 Å². The number of carbonyl (C=O) groups is 1. The molecule has 9 heteroatoms. The molecule has 0 heterocycles. The smallest absolute Gasteiger partial charge is 0.457 e. The number of unbranched alkanes of at least 4 members (excludes halogenated alkanes) is 7. The van der Waals surface area contributed by atoms with Crippen LogP contribution in [0.2, 0.25) is 0 Å². The fraction of sp³-hybridized carbons (Fsp3) is 0.605. The highest BCUT2D eigenvalue weighted by molar-refractivity contribution is 7.47. The topological polar surface area (TPSA) is 117 Å². The minimum atomic E-state index is -4.30. The molecule has 0 aromatic carbocycles. The van der Waals surface area contributed by atoms with Crippen LogP contribution in [0, 0.1) is 0 Å². The summed E-state index contributed by atoms with van der Waals surface area (Å²) in [5.74, 6) is -0.375. The highest BCUT2D eigenvalue weighted by Gasteiger charge is 2.25. The first kappa shape index (κ1) is 49.4. The first-order chi connectivity index (χ1) is 25.4. The van der Waals surface area contributed by atoms with Crippen molar-refractivity contribution in [1.82, 2.24) is 0 Å². The minimum Gasteiger partial charge on any atom is -0.457 e. The van der Waals surface area contributed by atoms with Crippen molar-refractivity contribution < 1.29 is 32.8 Å². The van der Waals surface area contributed by atoms with Crippen molar-refractivity contribution >= 4 is 13.8 Å². The van der Waals surface area contributed by atoms with Crippen molar-refractivity contribution in [1.29, 1.82) is 0 Å². The molecule has 0 bridgehead atoms. The van der Waals surface area contributed by atoms with Gasteiger partial charge >= 0.3 is 13.8 Å². The summed E-state index contributed by atoms with van der Waals surface area (Å²) >= 11 is 0.